The molecule has 0 radical (unpaired) electrons. The van der Waals surface area contributed by atoms with Gasteiger partial charge in [-0.2, -0.15) is 5.26 Å². The Labute approximate surface area is 277 Å². The number of ether oxygens (including phenoxy) is 4. The summed E-state index contributed by atoms with van der Waals surface area (Å²) in [5, 5.41) is 29.8. The highest BCUT2D eigenvalue weighted by Crippen LogP contribution is 2.38. The fourth-order valence-electron chi connectivity index (χ4n) is 5.95. The molecule has 0 bridgehead atoms. The topological polar surface area (TPSA) is 134 Å². The number of aliphatic hydroxyl groups excluding tert-OH is 1. The van der Waals surface area contributed by atoms with E-state index in [4.69, 9.17) is 30.5 Å². The summed E-state index contributed by atoms with van der Waals surface area (Å²) in [6.07, 6.45) is 3.21. The maximum Gasteiger partial charge on any atom is 0.320 e. The van der Waals surface area contributed by atoms with Gasteiger partial charge in [0.1, 0.15) is 50.0 Å². The van der Waals surface area contributed by atoms with Crippen LogP contribution in [0.15, 0.2) is 67.0 Å². The van der Waals surface area contributed by atoms with Crippen LogP contribution in [-0.4, -0.2) is 58.0 Å². The first-order chi connectivity index (χ1) is 22.8. The lowest BCUT2D eigenvalue weighted by molar-refractivity contribution is -0.146. The van der Waals surface area contributed by atoms with Crippen LogP contribution in [0.1, 0.15) is 40.7 Å². The summed E-state index contributed by atoms with van der Waals surface area (Å²) in [7, 11) is 0. The number of nitrogens with zero attached hydrogens (tertiary/aromatic N) is 3. The maximum absolute atomic E-state index is 12.0. The molecule has 0 saturated carbocycles. The van der Waals surface area contributed by atoms with Crippen LogP contribution in [0.2, 0.25) is 5.02 Å². The number of likely N-dealkylation sites (tertiary alicyclic amines) is 1. The Hall–Kier alpha value is -4.82. The van der Waals surface area contributed by atoms with Crippen molar-refractivity contribution in [1.29, 1.82) is 5.26 Å². The van der Waals surface area contributed by atoms with Crippen molar-refractivity contribution in [3.63, 3.8) is 0 Å². The number of pyridine rings is 1. The number of hydrogen-bond acceptors (Lipinski definition) is 9. The average Bonchev–Trinajstić information content (AvgIpc) is 3.07. The first-order valence-electron chi connectivity index (χ1n) is 15.3. The van der Waals surface area contributed by atoms with Crippen LogP contribution in [0.4, 0.5) is 0 Å². The van der Waals surface area contributed by atoms with E-state index in [0.29, 0.717) is 59.3 Å². The minimum Gasteiger partial charge on any atom is -0.488 e. The van der Waals surface area contributed by atoms with Crippen molar-refractivity contribution in [1.82, 2.24) is 9.88 Å². The molecule has 1 fully saturated rings. The van der Waals surface area contributed by atoms with Gasteiger partial charge in [0.15, 0.2) is 11.5 Å². The van der Waals surface area contributed by atoms with E-state index in [1.54, 1.807) is 29.3 Å². The minimum atomic E-state index is -0.946. The molecule has 6 rings (SSSR count). The Bertz CT molecular complexity index is 1830. The van der Waals surface area contributed by atoms with Gasteiger partial charge in [0.2, 0.25) is 0 Å². The minimum absolute atomic E-state index is 0.109. The number of carbonyl (C=O) groups is 1. The lowest BCUT2D eigenvalue weighted by Crippen LogP contribution is -2.48. The van der Waals surface area contributed by atoms with Crippen molar-refractivity contribution in [2.24, 2.45) is 0 Å². The summed E-state index contributed by atoms with van der Waals surface area (Å²) in [6, 6.07) is 18.4. The summed E-state index contributed by atoms with van der Waals surface area (Å²) in [5.74, 6) is 1.35. The SMILES string of the molecule is Cc1c(COc2cc(OCc3cncc(C#N)c3)c(CN3CC(O)CC[C@H]3C(=O)O)cc2Cl)cccc1-c1ccc2c(c1)OCCO2. The van der Waals surface area contributed by atoms with E-state index < -0.39 is 18.1 Å². The number of carboxylic acids is 1. The summed E-state index contributed by atoms with van der Waals surface area (Å²) in [4.78, 5) is 17.9. The highest BCUT2D eigenvalue weighted by Gasteiger charge is 2.33. The molecule has 3 heterocycles. The third kappa shape index (κ3) is 7.44. The molecule has 1 saturated heterocycles. The number of piperidine rings is 1. The number of benzene rings is 3. The number of rotatable bonds is 10. The molecule has 47 heavy (non-hydrogen) atoms. The van der Waals surface area contributed by atoms with Crippen molar-refractivity contribution in [3.8, 4) is 40.2 Å². The average molecular weight is 656 g/mol. The Morgan fingerprint density at radius 1 is 1.02 bits per heavy atom. The van der Waals surface area contributed by atoms with Crippen LogP contribution in [0.3, 0.4) is 0 Å². The van der Waals surface area contributed by atoms with Crippen LogP contribution in [0.5, 0.6) is 23.0 Å². The number of hydrogen-bond donors (Lipinski definition) is 2. The molecule has 0 aliphatic carbocycles. The molecule has 2 N–H and O–H groups in total. The van der Waals surface area contributed by atoms with Crippen molar-refractivity contribution < 1.29 is 34.0 Å². The lowest BCUT2D eigenvalue weighted by Gasteiger charge is -2.35. The zero-order valence-corrected chi connectivity index (χ0v) is 26.6. The number of carboxylic acid groups (broad SMARTS) is 1. The van der Waals surface area contributed by atoms with E-state index in [1.165, 1.54) is 6.20 Å². The number of halogens is 1. The molecule has 11 heteroatoms. The molecule has 3 aromatic carbocycles. The zero-order chi connectivity index (χ0) is 32.9. The van der Waals surface area contributed by atoms with Crippen molar-refractivity contribution in [2.45, 2.75) is 51.7 Å². The van der Waals surface area contributed by atoms with Gasteiger partial charge in [-0.3, -0.25) is 14.7 Å². The molecule has 2 aliphatic heterocycles. The molecular weight excluding hydrogens is 622 g/mol. The van der Waals surface area contributed by atoms with Crippen LogP contribution >= 0.6 is 11.6 Å². The first kappa shape index (κ1) is 32.1. The van der Waals surface area contributed by atoms with Crippen LogP contribution < -0.4 is 18.9 Å². The Morgan fingerprint density at radius 3 is 2.64 bits per heavy atom. The predicted molar refractivity (Wildman–Crippen MR) is 174 cm³/mol. The lowest BCUT2D eigenvalue weighted by atomic mass is 9.96. The fraction of sp³-hybridized carbons (Fsp3) is 0.306. The molecule has 10 nitrogen and oxygen atoms in total. The van der Waals surface area contributed by atoms with Gasteiger partial charge < -0.3 is 29.2 Å². The van der Waals surface area contributed by atoms with Crippen molar-refractivity contribution in [2.75, 3.05) is 19.8 Å². The standard InChI is InChI=1S/C36H34ClN3O7/c1-22-26(3-2-4-29(22)25-5-8-32-35(13-25)45-10-9-44-32)21-47-34-14-33(46-20-24-11-23(15-38)16-39-17-24)27(12-30(34)37)18-40-19-28(41)6-7-31(40)36(42)43/h2-5,8,11-14,16-17,28,31,41H,6-7,9-10,18-21H2,1H3,(H,42,43)/t28?,31-/m0/s1. The van der Waals surface area contributed by atoms with Gasteiger partial charge in [0.25, 0.3) is 0 Å². The van der Waals surface area contributed by atoms with E-state index in [1.807, 2.05) is 37.3 Å². The number of aliphatic carboxylic acids is 1. The quantitative estimate of drug-likeness (QED) is 0.212. The fourth-order valence-corrected chi connectivity index (χ4v) is 6.19. The molecular formula is C36H34ClN3O7. The smallest absolute Gasteiger partial charge is 0.320 e. The number of aromatic nitrogens is 1. The summed E-state index contributed by atoms with van der Waals surface area (Å²) in [5.41, 5.74) is 5.79. The predicted octanol–water partition coefficient (Wildman–Crippen LogP) is 5.92. The number of nitriles is 1. The van der Waals surface area contributed by atoms with E-state index >= 15 is 0 Å². The first-order valence-corrected chi connectivity index (χ1v) is 15.7. The van der Waals surface area contributed by atoms with E-state index in [-0.39, 0.29) is 26.3 Å². The maximum atomic E-state index is 12.0. The summed E-state index contributed by atoms with van der Waals surface area (Å²) >= 11 is 6.77. The van der Waals surface area contributed by atoms with E-state index in [0.717, 1.165) is 33.8 Å². The van der Waals surface area contributed by atoms with Crippen LogP contribution in [-0.2, 0) is 24.6 Å². The van der Waals surface area contributed by atoms with Crippen molar-refractivity contribution in [3.05, 3.63) is 99.8 Å². The third-order valence-electron chi connectivity index (χ3n) is 8.43. The molecule has 1 aromatic heterocycles. The highest BCUT2D eigenvalue weighted by atomic mass is 35.5. The second kappa shape index (κ2) is 14.3. The van der Waals surface area contributed by atoms with Gasteiger partial charge in [0.05, 0.1) is 16.7 Å². The molecule has 2 atom stereocenters. The van der Waals surface area contributed by atoms with Gasteiger partial charge in [-0.15, -0.1) is 0 Å². The summed E-state index contributed by atoms with van der Waals surface area (Å²) in [6.45, 7) is 3.83. The second-order valence-electron chi connectivity index (χ2n) is 11.6. The Balaban J connectivity index is 1.26. The highest BCUT2D eigenvalue weighted by molar-refractivity contribution is 6.32. The second-order valence-corrected chi connectivity index (χ2v) is 12.0. The molecule has 0 spiro atoms. The van der Waals surface area contributed by atoms with Gasteiger partial charge in [-0.25, -0.2) is 0 Å². The number of aliphatic hydroxyl groups is 1. The third-order valence-corrected chi connectivity index (χ3v) is 8.73. The zero-order valence-electron chi connectivity index (χ0n) is 25.8. The van der Waals surface area contributed by atoms with E-state index in [9.17, 15) is 20.3 Å². The Morgan fingerprint density at radius 2 is 1.83 bits per heavy atom. The van der Waals surface area contributed by atoms with Gasteiger partial charge in [-0.05, 0) is 66.3 Å². The molecule has 4 aromatic rings. The number of fused-ring (bicyclic) bond motifs is 1. The number of β-amino-alcohol motifs (C(OH)–C–C–N with tert-alkyl or cyclic N) is 1. The normalized spacial score (nSPS) is 17.5. The van der Waals surface area contributed by atoms with Gasteiger partial charge in [-0.1, -0.05) is 35.9 Å². The molecule has 2 aliphatic rings. The summed E-state index contributed by atoms with van der Waals surface area (Å²) < 4.78 is 24.0. The van der Waals surface area contributed by atoms with E-state index in [2.05, 4.69) is 17.1 Å². The molecule has 0 amide bonds. The van der Waals surface area contributed by atoms with Crippen molar-refractivity contribution >= 4 is 17.6 Å². The molecule has 1 unspecified atom stereocenters. The Kier molecular flexibility index (Phi) is 9.78. The monoisotopic (exact) mass is 655 g/mol. The largest absolute Gasteiger partial charge is 0.488 e. The van der Waals surface area contributed by atoms with Crippen LogP contribution in [0.25, 0.3) is 11.1 Å². The van der Waals surface area contributed by atoms with Gasteiger partial charge in [0, 0.05) is 42.7 Å². The molecule has 242 valence electrons. The van der Waals surface area contributed by atoms with Crippen LogP contribution in [0, 0.1) is 18.3 Å². The van der Waals surface area contributed by atoms with Gasteiger partial charge >= 0.3 is 5.97 Å².